The van der Waals surface area contributed by atoms with Crippen LogP contribution in [-0.2, 0) is 15.6 Å². The highest BCUT2D eigenvalue weighted by molar-refractivity contribution is 7.90. The molecule has 0 amide bonds. The van der Waals surface area contributed by atoms with Crippen LogP contribution in [0.1, 0.15) is 30.7 Å². The molecule has 1 saturated carbocycles. The zero-order valence-corrected chi connectivity index (χ0v) is 17.5. The minimum atomic E-state index is -3.90. The highest BCUT2D eigenvalue weighted by Crippen LogP contribution is 2.32. The quantitative estimate of drug-likeness (QED) is 0.751. The first-order valence-corrected chi connectivity index (χ1v) is 11.5. The van der Waals surface area contributed by atoms with Gasteiger partial charge in [-0.2, -0.15) is 4.37 Å². The molecule has 1 N–H and O–H groups in total. The van der Waals surface area contributed by atoms with Crippen LogP contribution in [0.4, 0.5) is 10.1 Å². The van der Waals surface area contributed by atoms with Gasteiger partial charge >= 0.3 is 0 Å². The van der Waals surface area contributed by atoms with Crippen molar-refractivity contribution in [1.29, 1.82) is 0 Å². The Kier molecular flexibility index (Phi) is 6.35. The van der Waals surface area contributed by atoms with Gasteiger partial charge in [-0.25, -0.2) is 17.8 Å². The SMILES string of the molecule is CN(C)[C@H]1CCCC[C@@H]1Nc1cc(F)c(S(=O)(=O)Cc2ncns2)cc1Cl. The van der Waals surface area contributed by atoms with Crippen LogP contribution >= 0.6 is 23.1 Å². The van der Waals surface area contributed by atoms with Gasteiger partial charge in [0.25, 0.3) is 0 Å². The molecule has 6 nitrogen and oxygen atoms in total. The van der Waals surface area contributed by atoms with Gasteiger partial charge in [-0.05, 0) is 50.6 Å². The molecule has 148 valence electrons. The average molecular weight is 433 g/mol. The fourth-order valence-corrected chi connectivity index (χ4v) is 5.95. The molecule has 1 aromatic heterocycles. The molecule has 1 aromatic carbocycles. The van der Waals surface area contributed by atoms with Crippen molar-refractivity contribution < 1.29 is 12.8 Å². The molecule has 3 rings (SSSR count). The zero-order valence-electron chi connectivity index (χ0n) is 15.2. The van der Waals surface area contributed by atoms with Crippen molar-refractivity contribution in [3.05, 3.63) is 34.3 Å². The fourth-order valence-electron chi connectivity index (χ4n) is 3.47. The van der Waals surface area contributed by atoms with Crippen molar-refractivity contribution in [3.63, 3.8) is 0 Å². The van der Waals surface area contributed by atoms with Crippen LogP contribution in [0.3, 0.4) is 0 Å². The lowest BCUT2D eigenvalue weighted by Gasteiger charge is -2.37. The highest BCUT2D eigenvalue weighted by atomic mass is 35.5. The molecule has 27 heavy (non-hydrogen) atoms. The van der Waals surface area contributed by atoms with Crippen molar-refractivity contribution in [1.82, 2.24) is 14.3 Å². The Morgan fingerprint density at radius 1 is 1.33 bits per heavy atom. The van der Waals surface area contributed by atoms with E-state index in [2.05, 4.69) is 19.6 Å². The van der Waals surface area contributed by atoms with E-state index in [1.54, 1.807) is 0 Å². The summed E-state index contributed by atoms with van der Waals surface area (Å²) in [5, 5.41) is 3.82. The van der Waals surface area contributed by atoms with Crippen LogP contribution < -0.4 is 5.32 Å². The van der Waals surface area contributed by atoms with E-state index in [-0.39, 0.29) is 11.1 Å². The summed E-state index contributed by atoms with van der Waals surface area (Å²) in [4.78, 5) is 5.59. The lowest BCUT2D eigenvalue weighted by Crippen LogP contribution is -2.45. The summed E-state index contributed by atoms with van der Waals surface area (Å²) in [7, 11) is 0.150. The standard InChI is InChI=1S/C17H22ClFN4O2S2/c1-23(2)15-6-4-3-5-13(15)22-14-8-12(19)16(7-11(14)18)27(24,25)9-17-20-10-21-26-17/h7-8,10,13,15,22H,3-6,9H2,1-2H3/t13-,15-/m0/s1. The maximum atomic E-state index is 14.6. The maximum Gasteiger partial charge on any atom is 0.187 e. The zero-order chi connectivity index (χ0) is 19.6. The lowest BCUT2D eigenvalue weighted by molar-refractivity contribution is 0.211. The molecule has 1 heterocycles. The summed E-state index contributed by atoms with van der Waals surface area (Å²) in [5.74, 6) is -1.22. The number of hydrogen-bond donors (Lipinski definition) is 1. The van der Waals surface area contributed by atoms with E-state index in [4.69, 9.17) is 11.6 Å². The number of sulfone groups is 1. The van der Waals surface area contributed by atoms with Gasteiger partial charge in [0.2, 0.25) is 0 Å². The van der Waals surface area contributed by atoms with E-state index < -0.39 is 26.3 Å². The average Bonchev–Trinajstić information content (AvgIpc) is 3.10. The van der Waals surface area contributed by atoms with Crippen LogP contribution in [-0.4, -0.2) is 48.9 Å². The molecule has 1 aliphatic carbocycles. The van der Waals surface area contributed by atoms with Gasteiger partial charge in [-0.3, -0.25) is 0 Å². The molecule has 0 spiro atoms. The van der Waals surface area contributed by atoms with Crippen LogP contribution in [0.15, 0.2) is 23.4 Å². The molecule has 0 aliphatic heterocycles. The third-order valence-corrected chi connectivity index (χ3v) is 7.60. The second-order valence-corrected chi connectivity index (χ2v) is 10.2. The van der Waals surface area contributed by atoms with Crippen LogP contribution in [0.5, 0.6) is 0 Å². The third kappa shape index (κ3) is 4.77. The Balaban J connectivity index is 1.84. The summed E-state index contributed by atoms with van der Waals surface area (Å²) < 4.78 is 43.5. The Labute approximate surface area is 167 Å². The minimum Gasteiger partial charge on any atom is -0.379 e. The summed E-state index contributed by atoms with van der Waals surface area (Å²) in [6, 6.07) is 2.81. The first kappa shape index (κ1) is 20.4. The number of benzene rings is 1. The van der Waals surface area contributed by atoms with Crippen molar-refractivity contribution in [2.45, 2.75) is 48.4 Å². The largest absolute Gasteiger partial charge is 0.379 e. The number of likely N-dealkylation sites (N-methyl/N-ethyl adjacent to an activating group) is 1. The second-order valence-electron chi connectivity index (χ2n) is 6.92. The van der Waals surface area contributed by atoms with Crippen molar-refractivity contribution in [2.75, 3.05) is 19.4 Å². The smallest absolute Gasteiger partial charge is 0.187 e. The minimum absolute atomic E-state index is 0.134. The van der Waals surface area contributed by atoms with Crippen LogP contribution in [0, 0.1) is 5.82 Å². The molecule has 0 saturated heterocycles. The van der Waals surface area contributed by atoms with Gasteiger partial charge in [-0.1, -0.05) is 24.4 Å². The Hall–Kier alpha value is -1.29. The topological polar surface area (TPSA) is 75.2 Å². The fraction of sp³-hybridized carbons (Fsp3) is 0.529. The predicted octanol–water partition coefficient (Wildman–Crippen LogP) is 3.59. The van der Waals surface area contributed by atoms with E-state index in [1.165, 1.54) is 18.5 Å². The second kappa shape index (κ2) is 8.38. The molecule has 10 heteroatoms. The van der Waals surface area contributed by atoms with Gasteiger partial charge in [-0.15, -0.1) is 0 Å². The Morgan fingerprint density at radius 3 is 2.74 bits per heavy atom. The summed E-state index contributed by atoms with van der Waals surface area (Å²) >= 11 is 7.27. The molecule has 1 aliphatic rings. The molecular formula is C17H22ClFN4O2S2. The number of hydrogen-bond acceptors (Lipinski definition) is 7. The summed E-state index contributed by atoms with van der Waals surface area (Å²) in [6.45, 7) is 0. The van der Waals surface area contributed by atoms with E-state index in [9.17, 15) is 12.8 Å². The first-order valence-electron chi connectivity index (χ1n) is 8.68. The number of anilines is 1. The van der Waals surface area contributed by atoms with E-state index in [1.807, 2.05) is 14.1 Å². The first-order chi connectivity index (χ1) is 12.8. The van der Waals surface area contributed by atoms with Gasteiger partial charge in [0.15, 0.2) is 9.84 Å². The van der Waals surface area contributed by atoms with Gasteiger partial charge < -0.3 is 10.2 Å². The van der Waals surface area contributed by atoms with Crippen LogP contribution in [0.25, 0.3) is 0 Å². The van der Waals surface area contributed by atoms with Gasteiger partial charge in [0.05, 0.1) is 10.7 Å². The monoisotopic (exact) mass is 432 g/mol. The predicted molar refractivity (Wildman–Crippen MR) is 106 cm³/mol. The molecule has 2 atom stereocenters. The van der Waals surface area contributed by atoms with E-state index in [0.29, 0.717) is 16.7 Å². The van der Waals surface area contributed by atoms with Gasteiger partial charge in [0, 0.05) is 12.1 Å². The number of rotatable bonds is 6. The van der Waals surface area contributed by atoms with Crippen molar-refractivity contribution in [3.8, 4) is 0 Å². The third-order valence-electron chi connectivity index (χ3n) is 4.81. The van der Waals surface area contributed by atoms with Gasteiger partial charge in [0.1, 0.15) is 27.8 Å². The molecular weight excluding hydrogens is 411 g/mol. The van der Waals surface area contributed by atoms with E-state index in [0.717, 1.165) is 37.2 Å². The number of nitrogens with zero attached hydrogens (tertiary/aromatic N) is 3. The van der Waals surface area contributed by atoms with Crippen LogP contribution in [0.2, 0.25) is 5.02 Å². The molecule has 1 fully saturated rings. The van der Waals surface area contributed by atoms with Crippen molar-refractivity contribution >= 4 is 38.7 Å². The Bertz CT molecular complexity index is 891. The number of nitrogens with one attached hydrogen (secondary N) is 1. The summed E-state index contributed by atoms with van der Waals surface area (Å²) in [5.41, 5.74) is 0.419. The van der Waals surface area contributed by atoms with E-state index >= 15 is 0 Å². The maximum absolute atomic E-state index is 14.6. The Morgan fingerprint density at radius 2 is 2.07 bits per heavy atom. The number of aromatic nitrogens is 2. The molecule has 0 unspecified atom stereocenters. The van der Waals surface area contributed by atoms with Crippen molar-refractivity contribution in [2.24, 2.45) is 0 Å². The molecule has 0 radical (unpaired) electrons. The molecule has 2 aromatic rings. The molecule has 0 bridgehead atoms. The summed E-state index contributed by atoms with van der Waals surface area (Å²) in [6.07, 6.45) is 5.54. The number of halogens is 2. The highest BCUT2D eigenvalue weighted by Gasteiger charge is 2.28. The lowest BCUT2D eigenvalue weighted by atomic mass is 9.89. The normalized spacial score (nSPS) is 20.8.